The second-order valence-corrected chi connectivity index (χ2v) is 6.13. The smallest absolute Gasteiger partial charge is 0.182 e. The van der Waals surface area contributed by atoms with Crippen LogP contribution in [-0.2, 0) is 0 Å². The number of aryl methyl sites for hydroxylation is 1. The molecule has 0 fully saturated rings. The van der Waals surface area contributed by atoms with Crippen LogP contribution >= 0.6 is 39.7 Å². The van der Waals surface area contributed by atoms with Crippen molar-refractivity contribution in [3.63, 3.8) is 0 Å². The zero-order valence-corrected chi connectivity index (χ0v) is 13.5. The minimum absolute atomic E-state index is 0.0754. The van der Waals surface area contributed by atoms with E-state index < -0.39 is 5.82 Å². The maximum Gasteiger partial charge on any atom is 0.182 e. The fourth-order valence-corrected chi connectivity index (χ4v) is 2.92. The van der Waals surface area contributed by atoms with Gasteiger partial charge in [0.15, 0.2) is 4.77 Å². The average molecular weight is 372 g/mol. The van der Waals surface area contributed by atoms with Gasteiger partial charge in [-0.25, -0.2) is 4.39 Å². The van der Waals surface area contributed by atoms with Crippen molar-refractivity contribution >= 4 is 50.8 Å². The first-order valence-electron chi connectivity index (χ1n) is 5.83. The number of benzene rings is 2. The summed E-state index contributed by atoms with van der Waals surface area (Å²) in [6.45, 7) is 2.01. The Balaban J connectivity index is 2.35. The first kappa shape index (κ1) is 13.8. The van der Waals surface area contributed by atoms with Crippen LogP contribution in [0.25, 0.3) is 16.7 Å². The van der Waals surface area contributed by atoms with E-state index in [9.17, 15) is 4.39 Å². The summed E-state index contributed by atoms with van der Waals surface area (Å²) in [5.41, 5.74) is 3.39. The maximum atomic E-state index is 13.5. The quantitative estimate of drug-likeness (QED) is 0.556. The number of nitrogens with zero attached hydrogens (tertiary/aromatic N) is 1. The van der Waals surface area contributed by atoms with E-state index in [2.05, 4.69) is 20.9 Å². The van der Waals surface area contributed by atoms with E-state index >= 15 is 0 Å². The lowest BCUT2D eigenvalue weighted by Crippen LogP contribution is -1.94. The van der Waals surface area contributed by atoms with E-state index in [0.29, 0.717) is 10.3 Å². The summed E-state index contributed by atoms with van der Waals surface area (Å²) < 4.78 is 16.8. The Morgan fingerprint density at radius 3 is 2.75 bits per heavy atom. The highest BCUT2D eigenvalue weighted by Crippen LogP contribution is 2.27. The fourth-order valence-electron chi connectivity index (χ4n) is 2.08. The third kappa shape index (κ3) is 2.20. The SMILES string of the molecule is Cc1ccc(-n2c(=S)[nH]c3cc(F)c(Cl)cc32)cc1Br. The molecular weight excluding hydrogens is 363 g/mol. The molecule has 1 N–H and O–H groups in total. The monoisotopic (exact) mass is 370 g/mol. The number of nitrogens with one attached hydrogen (secondary N) is 1. The van der Waals surface area contributed by atoms with E-state index in [1.807, 2.05) is 29.7 Å². The topological polar surface area (TPSA) is 20.7 Å². The number of imidazole rings is 1. The van der Waals surface area contributed by atoms with E-state index in [1.54, 1.807) is 6.07 Å². The van der Waals surface area contributed by atoms with Crippen LogP contribution < -0.4 is 0 Å². The van der Waals surface area contributed by atoms with Gasteiger partial charge < -0.3 is 4.98 Å². The predicted molar refractivity (Wildman–Crippen MR) is 85.9 cm³/mol. The van der Waals surface area contributed by atoms with Crippen LogP contribution in [0.5, 0.6) is 0 Å². The van der Waals surface area contributed by atoms with Crippen LogP contribution in [0.15, 0.2) is 34.8 Å². The van der Waals surface area contributed by atoms with Gasteiger partial charge in [0, 0.05) is 16.2 Å². The molecule has 6 heteroatoms. The molecule has 0 bridgehead atoms. The van der Waals surface area contributed by atoms with Crippen molar-refractivity contribution in [3.05, 3.63) is 56.0 Å². The highest BCUT2D eigenvalue weighted by molar-refractivity contribution is 9.10. The number of halogens is 3. The molecule has 0 radical (unpaired) electrons. The minimum Gasteiger partial charge on any atom is -0.330 e. The second-order valence-electron chi connectivity index (χ2n) is 4.48. The Labute approximate surface area is 133 Å². The third-order valence-electron chi connectivity index (χ3n) is 3.14. The minimum atomic E-state index is -0.465. The number of aromatic nitrogens is 2. The van der Waals surface area contributed by atoms with E-state index in [4.69, 9.17) is 23.8 Å². The van der Waals surface area contributed by atoms with E-state index in [1.165, 1.54) is 6.07 Å². The molecular formula is C14H9BrClFN2S. The Kier molecular flexibility index (Phi) is 3.44. The number of rotatable bonds is 1. The summed E-state index contributed by atoms with van der Waals surface area (Å²) in [5, 5.41) is 0.0754. The number of fused-ring (bicyclic) bond motifs is 1. The lowest BCUT2D eigenvalue weighted by atomic mass is 10.2. The fraction of sp³-hybridized carbons (Fsp3) is 0.0714. The Hall–Kier alpha value is -1.17. The normalized spacial score (nSPS) is 11.2. The molecule has 20 heavy (non-hydrogen) atoms. The first-order chi connectivity index (χ1) is 9.47. The molecule has 0 saturated carbocycles. The summed E-state index contributed by atoms with van der Waals surface area (Å²) in [7, 11) is 0. The molecule has 0 saturated heterocycles. The Bertz CT molecular complexity index is 885. The molecule has 2 nitrogen and oxygen atoms in total. The summed E-state index contributed by atoms with van der Waals surface area (Å²) >= 11 is 14.7. The standard InChI is InChI=1S/C14H9BrClFN2S/c1-7-2-3-8(4-9(7)15)19-13-5-10(16)11(17)6-12(13)18-14(19)20/h2-6H,1H3,(H,18,20). The second kappa shape index (κ2) is 4.98. The summed E-state index contributed by atoms with van der Waals surface area (Å²) in [5.74, 6) is -0.465. The molecule has 0 spiro atoms. The van der Waals surface area contributed by atoms with Gasteiger partial charge in [-0.1, -0.05) is 33.6 Å². The van der Waals surface area contributed by atoms with Crippen molar-refractivity contribution in [2.75, 3.05) is 0 Å². The molecule has 0 aliphatic rings. The van der Waals surface area contributed by atoms with Gasteiger partial charge in [0.1, 0.15) is 5.82 Å². The summed E-state index contributed by atoms with van der Waals surface area (Å²) in [4.78, 5) is 2.99. The zero-order chi connectivity index (χ0) is 14.4. The lowest BCUT2D eigenvalue weighted by molar-refractivity contribution is 0.630. The van der Waals surface area contributed by atoms with Crippen LogP contribution in [0, 0.1) is 17.5 Å². The summed E-state index contributed by atoms with van der Waals surface area (Å²) in [6, 6.07) is 8.85. The van der Waals surface area contributed by atoms with Crippen LogP contribution in [-0.4, -0.2) is 9.55 Å². The summed E-state index contributed by atoms with van der Waals surface area (Å²) in [6.07, 6.45) is 0. The molecule has 0 aliphatic carbocycles. The van der Waals surface area contributed by atoms with Crippen LogP contribution in [0.1, 0.15) is 5.56 Å². The third-order valence-corrected chi connectivity index (χ3v) is 4.57. The van der Waals surface area contributed by atoms with Crippen molar-refractivity contribution < 1.29 is 4.39 Å². The Morgan fingerprint density at radius 2 is 2.05 bits per heavy atom. The van der Waals surface area contributed by atoms with Crippen molar-refractivity contribution in [2.24, 2.45) is 0 Å². The van der Waals surface area contributed by atoms with E-state index in [-0.39, 0.29) is 5.02 Å². The van der Waals surface area contributed by atoms with Crippen LogP contribution in [0.4, 0.5) is 4.39 Å². The van der Waals surface area contributed by atoms with Crippen molar-refractivity contribution in [1.29, 1.82) is 0 Å². The molecule has 0 atom stereocenters. The van der Waals surface area contributed by atoms with Gasteiger partial charge >= 0.3 is 0 Å². The first-order valence-corrected chi connectivity index (χ1v) is 7.41. The van der Waals surface area contributed by atoms with Crippen molar-refractivity contribution in [1.82, 2.24) is 9.55 Å². The molecule has 1 aromatic heterocycles. The van der Waals surface area contributed by atoms with Gasteiger partial charge in [-0.3, -0.25) is 4.57 Å². The molecule has 0 aliphatic heterocycles. The number of aromatic amines is 1. The molecule has 2 aromatic carbocycles. The lowest BCUT2D eigenvalue weighted by Gasteiger charge is -2.07. The largest absolute Gasteiger partial charge is 0.330 e. The van der Waals surface area contributed by atoms with Crippen LogP contribution in [0.2, 0.25) is 5.02 Å². The maximum absolute atomic E-state index is 13.5. The Morgan fingerprint density at radius 1 is 1.30 bits per heavy atom. The van der Waals surface area contributed by atoms with Gasteiger partial charge in [-0.05, 0) is 42.9 Å². The molecule has 102 valence electrons. The number of hydrogen-bond donors (Lipinski definition) is 1. The molecule has 0 amide bonds. The highest BCUT2D eigenvalue weighted by atomic mass is 79.9. The molecule has 0 unspecified atom stereocenters. The van der Waals surface area contributed by atoms with Gasteiger partial charge in [0.25, 0.3) is 0 Å². The van der Waals surface area contributed by atoms with Gasteiger partial charge in [-0.2, -0.15) is 0 Å². The molecule has 3 aromatic rings. The van der Waals surface area contributed by atoms with Crippen LogP contribution in [0.3, 0.4) is 0 Å². The molecule has 1 heterocycles. The van der Waals surface area contributed by atoms with Gasteiger partial charge in [-0.15, -0.1) is 0 Å². The van der Waals surface area contributed by atoms with Gasteiger partial charge in [0.2, 0.25) is 0 Å². The number of H-pyrrole nitrogens is 1. The predicted octanol–water partition coefficient (Wildman–Crippen LogP) is 5.55. The van der Waals surface area contributed by atoms with Crippen molar-refractivity contribution in [2.45, 2.75) is 6.92 Å². The van der Waals surface area contributed by atoms with Crippen molar-refractivity contribution in [3.8, 4) is 5.69 Å². The number of hydrogen-bond acceptors (Lipinski definition) is 1. The highest BCUT2D eigenvalue weighted by Gasteiger charge is 2.11. The molecule has 3 rings (SSSR count). The van der Waals surface area contributed by atoms with E-state index in [0.717, 1.165) is 21.2 Å². The zero-order valence-electron chi connectivity index (χ0n) is 10.4. The van der Waals surface area contributed by atoms with Gasteiger partial charge in [0.05, 0.1) is 16.1 Å². The average Bonchev–Trinajstić information content (AvgIpc) is 2.69.